The number of hydrogen-bond donors (Lipinski definition) is 0. The Morgan fingerprint density at radius 1 is 1.12 bits per heavy atom. The van der Waals surface area contributed by atoms with Crippen LogP contribution in [0.3, 0.4) is 0 Å². The molecule has 3 heterocycles. The number of carbonyl (C=O) groups excluding carboxylic acids is 1. The van der Waals surface area contributed by atoms with Crippen LogP contribution in [-0.4, -0.2) is 56.3 Å². The first kappa shape index (κ1) is 15.2. The van der Waals surface area contributed by atoms with Crippen molar-refractivity contribution >= 4 is 5.91 Å². The molecule has 2 aliphatic rings. The minimum atomic E-state index is -0.0189. The molecular weight excluding hydrogens is 302 g/mol. The van der Waals surface area contributed by atoms with E-state index in [1.807, 2.05) is 17.3 Å². The molecule has 0 unspecified atom stereocenters. The molecule has 6 nitrogen and oxygen atoms in total. The molecule has 2 aromatic heterocycles. The Morgan fingerprint density at radius 3 is 2.58 bits per heavy atom. The Balaban J connectivity index is 1.37. The highest BCUT2D eigenvalue weighted by atomic mass is 16.2. The fraction of sp³-hybridized carbons (Fsp3) is 0.444. The standard InChI is InChI=1S/C18H21N5O/c24-18(17-9-20-7-8-21-17)23-12-16(13-23)22(10-14-1-2-14)11-15-3-5-19-6-4-15/h3-9,14,16H,1-2,10-13H2. The fourth-order valence-electron chi connectivity index (χ4n) is 3.12. The van der Waals surface area contributed by atoms with Crippen molar-refractivity contribution in [2.45, 2.75) is 25.4 Å². The van der Waals surface area contributed by atoms with E-state index in [-0.39, 0.29) is 5.91 Å². The Kier molecular flexibility index (Phi) is 4.21. The SMILES string of the molecule is O=C(c1cnccn1)N1CC(N(Cc2ccncc2)CC2CC2)C1. The fourth-order valence-corrected chi connectivity index (χ4v) is 3.12. The van der Waals surface area contributed by atoms with Gasteiger partial charge in [0.2, 0.25) is 0 Å². The van der Waals surface area contributed by atoms with Gasteiger partial charge in [-0.2, -0.15) is 0 Å². The van der Waals surface area contributed by atoms with E-state index in [0.717, 1.165) is 32.1 Å². The molecule has 0 aromatic carbocycles. The summed E-state index contributed by atoms with van der Waals surface area (Å²) in [4.78, 5) is 28.9. The second-order valence-electron chi connectivity index (χ2n) is 6.68. The third-order valence-electron chi connectivity index (χ3n) is 4.77. The summed E-state index contributed by atoms with van der Waals surface area (Å²) in [6.45, 7) is 3.59. The number of pyridine rings is 1. The molecule has 1 saturated heterocycles. The average Bonchev–Trinajstić information content (AvgIpc) is 3.39. The third kappa shape index (κ3) is 3.43. The minimum absolute atomic E-state index is 0.0189. The van der Waals surface area contributed by atoms with E-state index in [1.54, 1.807) is 12.4 Å². The van der Waals surface area contributed by atoms with Crippen LogP contribution in [0.25, 0.3) is 0 Å². The Bertz CT molecular complexity index is 683. The van der Waals surface area contributed by atoms with Gasteiger partial charge in [0.25, 0.3) is 5.91 Å². The molecule has 1 amide bonds. The van der Waals surface area contributed by atoms with Gasteiger partial charge in [0.15, 0.2) is 0 Å². The van der Waals surface area contributed by atoms with Gasteiger partial charge in [-0.1, -0.05) is 0 Å². The van der Waals surface area contributed by atoms with Crippen molar-refractivity contribution in [2.75, 3.05) is 19.6 Å². The predicted octanol–water partition coefficient (Wildman–Crippen LogP) is 1.61. The van der Waals surface area contributed by atoms with Crippen LogP contribution in [0.1, 0.15) is 28.9 Å². The maximum atomic E-state index is 12.4. The Morgan fingerprint density at radius 2 is 1.92 bits per heavy atom. The van der Waals surface area contributed by atoms with Gasteiger partial charge in [0, 0.05) is 57.0 Å². The van der Waals surface area contributed by atoms with Crippen LogP contribution in [0.15, 0.2) is 43.1 Å². The number of hydrogen-bond acceptors (Lipinski definition) is 5. The van der Waals surface area contributed by atoms with Crippen LogP contribution < -0.4 is 0 Å². The molecule has 0 spiro atoms. The summed E-state index contributed by atoms with van der Waals surface area (Å²) in [6, 6.07) is 4.57. The molecule has 1 aliphatic carbocycles. The number of likely N-dealkylation sites (tertiary alicyclic amines) is 1. The number of nitrogens with zero attached hydrogens (tertiary/aromatic N) is 5. The normalized spacial score (nSPS) is 17.8. The minimum Gasteiger partial charge on any atom is -0.334 e. The lowest BCUT2D eigenvalue weighted by Gasteiger charge is -2.45. The molecule has 1 saturated carbocycles. The first-order chi connectivity index (χ1) is 11.8. The van der Waals surface area contributed by atoms with Crippen molar-refractivity contribution in [3.63, 3.8) is 0 Å². The number of amides is 1. The van der Waals surface area contributed by atoms with Gasteiger partial charge in [0.1, 0.15) is 5.69 Å². The Labute approximate surface area is 141 Å². The lowest BCUT2D eigenvalue weighted by Crippen LogP contribution is -2.61. The average molecular weight is 323 g/mol. The molecule has 0 radical (unpaired) electrons. The maximum absolute atomic E-state index is 12.4. The molecule has 4 rings (SSSR count). The van der Waals surface area contributed by atoms with Gasteiger partial charge in [-0.25, -0.2) is 4.98 Å². The van der Waals surface area contributed by atoms with Crippen LogP contribution >= 0.6 is 0 Å². The molecule has 24 heavy (non-hydrogen) atoms. The maximum Gasteiger partial charge on any atom is 0.274 e. The van der Waals surface area contributed by atoms with E-state index in [9.17, 15) is 4.79 Å². The molecule has 0 N–H and O–H groups in total. The molecule has 2 aromatic rings. The van der Waals surface area contributed by atoms with Gasteiger partial charge in [0.05, 0.1) is 6.20 Å². The van der Waals surface area contributed by atoms with E-state index in [4.69, 9.17) is 0 Å². The number of rotatable bonds is 6. The lowest BCUT2D eigenvalue weighted by atomic mass is 10.0. The van der Waals surface area contributed by atoms with E-state index in [2.05, 4.69) is 32.0 Å². The van der Waals surface area contributed by atoms with Gasteiger partial charge in [-0.15, -0.1) is 0 Å². The van der Waals surface area contributed by atoms with Gasteiger partial charge < -0.3 is 4.90 Å². The zero-order valence-electron chi connectivity index (χ0n) is 13.6. The lowest BCUT2D eigenvalue weighted by molar-refractivity contribution is 0.0215. The van der Waals surface area contributed by atoms with E-state index in [1.165, 1.54) is 24.6 Å². The summed E-state index contributed by atoms with van der Waals surface area (Å²) in [5, 5.41) is 0. The zero-order valence-corrected chi connectivity index (χ0v) is 13.6. The summed E-state index contributed by atoms with van der Waals surface area (Å²) in [5.41, 5.74) is 1.71. The van der Waals surface area contributed by atoms with Crippen LogP contribution in [0.2, 0.25) is 0 Å². The highest BCUT2D eigenvalue weighted by Gasteiger charge is 2.37. The summed E-state index contributed by atoms with van der Waals surface area (Å²) in [7, 11) is 0. The van der Waals surface area contributed by atoms with Gasteiger partial charge >= 0.3 is 0 Å². The topological polar surface area (TPSA) is 62.2 Å². The predicted molar refractivity (Wildman–Crippen MR) is 89.1 cm³/mol. The highest BCUT2D eigenvalue weighted by Crippen LogP contribution is 2.32. The molecule has 2 fully saturated rings. The van der Waals surface area contributed by atoms with E-state index >= 15 is 0 Å². The second-order valence-corrected chi connectivity index (χ2v) is 6.68. The van der Waals surface area contributed by atoms with Crippen LogP contribution in [0.5, 0.6) is 0 Å². The summed E-state index contributed by atoms with van der Waals surface area (Å²) in [6.07, 6.45) is 11.0. The van der Waals surface area contributed by atoms with E-state index in [0.29, 0.717) is 11.7 Å². The van der Waals surface area contributed by atoms with Crippen LogP contribution in [0, 0.1) is 5.92 Å². The Hall–Kier alpha value is -2.34. The third-order valence-corrected chi connectivity index (χ3v) is 4.77. The first-order valence-corrected chi connectivity index (χ1v) is 8.48. The second kappa shape index (κ2) is 6.65. The van der Waals surface area contributed by atoms with Crippen molar-refractivity contribution in [2.24, 2.45) is 5.92 Å². The molecule has 0 atom stereocenters. The molecule has 6 heteroatoms. The van der Waals surface area contributed by atoms with Crippen molar-refractivity contribution < 1.29 is 4.79 Å². The molecule has 124 valence electrons. The molecular formula is C18H21N5O. The van der Waals surface area contributed by atoms with Crippen molar-refractivity contribution in [3.8, 4) is 0 Å². The zero-order chi connectivity index (χ0) is 16.4. The van der Waals surface area contributed by atoms with Crippen LogP contribution in [0.4, 0.5) is 0 Å². The number of carbonyl (C=O) groups is 1. The smallest absolute Gasteiger partial charge is 0.274 e. The van der Waals surface area contributed by atoms with E-state index < -0.39 is 0 Å². The van der Waals surface area contributed by atoms with Crippen molar-refractivity contribution in [3.05, 3.63) is 54.4 Å². The summed E-state index contributed by atoms with van der Waals surface area (Å²) >= 11 is 0. The van der Waals surface area contributed by atoms with Crippen LogP contribution in [-0.2, 0) is 6.54 Å². The van der Waals surface area contributed by atoms with Gasteiger partial charge in [-0.3, -0.25) is 19.7 Å². The highest BCUT2D eigenvalue weighted by molar-refractivity contribution is 5.92. The molecule has 0 bridgehead atoms. The first-order valence-electron chi connectivity index (χ1n) is 8.48. The van der Waals surface area contributed by atoms with Crippen molar-refractivity contribution in [1.29, 1.82) is 0 Å². The monoisotopic (exact) mass is 323 g/mol. The quantitative estimate of drug-likeness (QED) is 0.808. The largest absolute Gasteiger partial charge is 0.334 e. The van der Waals surface area contributed by atoms with Crippen molar-refractivity contribution in [1.82, 2.24) is 24.8 Å². The summed E-state index contributed by atoms with van der Waals surface area (Å²) < 4.78 is 0. The number of aromatic nitrogens is 3. The molecule has 1 aliphatic heterocycles. The summed E-state index contributed by atoms with van der Waals surface area (Å²) in [5.74, 6) is 0.811. The van der Waals surface area contributed by atoms with Gasteiger partial charge in [-0.05, 0) is 36.5 Å².